The zero-order chi connectivity index (χ0) is 6.15. The summed E-state index contributed by atoms with van der Waals surface area (Å²) in [5.74, 6) is 5.62. The first kappa shape index (κ1) is 5.56. The second-order valence-electron chi connectivity index (χ2n) is 2.33. The molecular formula is C5H10N2O. The summed E-state index contributed by atoms with van der Waals surface area (Å²) in [5.41, 5.74) is 2.12. The van der Waals surface area contributed by atoms with Gasteiger partial charge in [0.1, 0.15) is 0 Å². The molecule has 0 aromatic heterocycles. The van der Waals surface area contributed by atoms with Gasteiger partial charge >= 0.3 is 0 Å². The fourth-order valence-electron chi connectivity index (χ4n) is 0.794. The maximum absolute atomic E-state index is 10.5. The minimum absolute atomic E-state index is 0.0162. The highest BCUT2D eigenvalue weighted by atomic mass is 16.2. The van der Waals surface area contributed by atoms with Crippen LogP contribution in [0.4, 0.5) is 0 Å². The molecule has 1 fully saturated rings. The summed E-state index contributed by atoms with van der Waals surface area (Å²) in [6.07, 6.45) is 1.00. The van der Waals surface area contributed by atoms with Crippen molar-refractivity contribution in [2.24, 2.45) is 17.7 Å². The number of hydrogen-bond acceptors (Lipinski definition) is 2. The third-order valence-corrected chi connectivity index (χ3v) is 1.59. The van der Waals surface area contributed by atoms with Crippen molar-refractivity contribution in [3.63, 3.8) is 0 Å². The van der Waals surface area contributed by atoms with E-state index in [1.807, 2.05) is 6.92 Å². The van der Waals surface area contributed by atoms with Gasteiger partial charge in [0.2, 0.25) is 5.91 Å². The Bertz CT molecular complexity index is 113. The molecule has 0 saturated heterocycles. The van der Waals surface area contributed by atoms with Gasteiger partial charge in [-0.15, -0.1) is 0 Å². The Morgan fingerprint density at radius 3 is 2.50 bits per heavy atom. The lowest BCUT2D eigenvalue weighted by molar-refractivity contribution is -0.122. The maximum Gasteiger partial charge on any atom is 0.237 e. The molecule has 0 spiro atoms. The zero-order valence-electron chi connectivity index (χ0n) is 4.85. The molecule has 1 aliphatic rings. The Morgan fingerprint density at radius 1 is 1.88 bits per heavy atom. The van der Waals surface area contributed by atoms with E-state index < -0.39 is 0 Å². The molecule has 1 aliphatic carbocycles. The first-order chi connectivity index (χ1) is 3.75. The minimum atomic E-state index is -0.0162. The lowest BCUT2D eigenvalue weighted by Crippen LogP contribution is -2.31. The van der Waals surface area contributed by atoms with Crippen LogP contribution in [0.15, 0.2) is 0 Å². The predicted octanol–water partition coefficient (Wildman–Crippen LogP) is -0.368. The monoisotopic (exact) mass is 114 g/mol. The molecule has 0 aromatic carbocycles. The molecule has 0 heterocycles. The molecular weight excluding hydrogens is 104 g/mol. The highest BCUT2D eigenvalue weighted by Gasteiger charge is 2.38. The highest BCUT2D eigenvalue weighted by Crippen LogP contribution is 2.37. The minimum Gasteiger partial charge on any atom is -0.294 e. The van der Waals surface area contributed by atoms with Gasteiger partial charge in [0.05, 0.1) is 0 Å². The Kier molecular flexibility index (Phi) is 1.21. The van der Waals surface area contributed by atoms with E-state index in [1.165, 1.54) is 0 Å². The molecule has 1 rings (SSSR count). The molecule has 3 heteroatoms. The first-order valence-electron chi connectivity index (χ1n) is 2.76. The van der Waals surface area contributed by atoms with Crippen LogP contribution >= 0.6 is 0 Å². The second-order valence-corrected chi connectivity index (χ2v) is 2.33. The van der Waals surface area contributed by atoms with Crippen molar-refractivity contribution in [1.29, 1.82) is 0 Å². The fourth-order valence-corrected chi connectivity index (χ4v) is 0.794. The summed E-state index contributed by atoms with van der Waals surface area (Å²) in [5, 5.41) is 0. The molecule has 0 aliphatic heterocycles. The molecule has 8 heavy (non-hydrogen) atoms. The van der Waals surface area contributed by atoms with Crippen LogP contribution in [0.2, 0.25) is 0 Å². The van der Waals surface area contributed by atoms with E-state index in [2.05, 4.69) is 5.43 Å². The lowest BCUT2D eigenvalue weighted by Gasteiger charge is -1.91. The van der Waals surface area contributed by atoms with Gasteiger partial charge in [-0.25, -0.2) is 5.84 Å². The summed E-state index contributed by atoms with van der Waals surface area (Å²) in [4.78, 5) is 10.5. The smallest absolute Gasteiger partial charge is 0.237 e. The Morgan fingerprint density at radius 2 is 2.38 bits per heavy atom. The van der Waals surface area contributed by atoms with Crippen molar-refractivity contribution in [3.05, 3.63) is 0 Å². The van der Waals surface area contributed by atoms with Crippen molar-refractivity contribution in [2.75, 3.05) is 0 Å². The van der Waals surface area contributed by atoms with Gasteiger partial charge < -0.3 is 0 Å². The van der Waals surface area contributed by atoms with Gasteiger partial charge in [0, 0.05) is 5.92 Å². The zero-order valence-corrected chi connectivity index (χ0v) is 4.85. The fraction of sp³-hybridized carbons (Fsp3) is 0.800. The molecule has 0 bridgehead atoms. The number of nitrogens with two attached hydrogens (primary N) is 1. The first-order valence-corrected chi connectivity index (χ1v) is 2.76. The standard InChI is InChI=1S/C5H10N2O/c1-3-2-4(3)5(8)7-6/h3-4H,2,6H2,1H3,(H,7,8)/t3-,4-/m1/s1. The van der Waals surface area contributed by atoms with Crippen LogP contribution in [0.5, 0.6) is 0 Å². The van der Waals surface area contributed by atoms with Gasteiger partial charge in [-0.3, -0.25) is 10.2 Å². The van der Waals surface area contributed by atoms with Crippen LogP contribution in [0.3, 0.4) is 0 Å². The molecule has 1 saturated carbocycles. The molecule has 3 N–H and O–H groups in total. The maximum atomic E-state index is 10.5. The van der Waals surface area contributed by atoms with Gasteiger partial charge in [-0.1, -0.05) is 6.92 Å². The van der Waals surface area contributed by atoms with Crippen LogP contribution in [0, 0.1) is 11.8 Å². The van der Waals surface area contributed by atoms with Crippen molar-refractivity contribution in [3.8, 4) is 0 Å². The molecule has 0 unspecified atom stereocenters. The van der Waals surface area contributed by atoms with Gasteiger partial charge in [0.25, 0.3) is 0 Å². The van der Waals surface area contributed by atoms with Crippen LogP contribution < -0.4 is 11.3 Å². The number of amides is 1. The summed E-state index contributed by atoms with van der Waals surface area (Å²) in [6, 6.07) is 0. The van der Waals surface area contributed by atoms with Crippen LogP contribution in [-0.2, 0) is 4.79 Å². The molecule has 1 amide bonds. The Balaban J connectivity index is 2.28. The van der Waals surface area contributed by atoms with Crippen molar-refractivity contribution >= 4 is 5.91 Å². The average molecular weight is 114 g/mol. The largest absolute Gasteiger partial charge is 0.294 e. The Labute approximate surface area is 48.2 Å². The van der Waals surface area contributed by atoms with Crippen molar-refractivity contribution in [2.45, 2.75) is 13.3 Å². The molecule has 2 atom stereocenters. The van der Waals surface area contributed by atoms with Gasteiger partial charge in [0.15, 0.2) is 0 Å². The van der Waals surface area contributed by atoms with Crippen LogP contribution in [0.1, 0.15) is 13.3 Å². The van der Waals surface area contributed by atoms with Crippen LogP contribution in [-0.4, -0.2) is 5.91 Å². The molecule has 3 nitrogen and oxygen atoms in total. The second kappa shape index (κ2) is 1.74. The third kappa shape index (κ3) is 0.816. The van der Waals surface area contributed by atoms with Gasteiger partial charge in [-0.05, 0) is 12.3 Å². The van der Waals surface area contributed by atoms with E-state index in [9.17, 15) is 4.79 Å². The average Bonchev–Trinajstić information content (AvgIpc) is 2.45. The lowest BCUT2D eigenvalue weighted by atomic mass is 10.3. The van der Waals surface area contributed by atoms with E-state index >= 15 is 0 Å². The van der Waals surface area contributed by atoms with E-state index in [0.717, 1.165) is 6.42 Å². The van der Waals surface area contributed by atoms with E-state index in [4.69, 9.17) is 5.84 Å². The SMILES string of the molecule is C[C@@H]1C[C@H]1C(=O)NN. The van der Waals surface area contributed by atoms with Crippen LogP contribution in [0.25, 0.3) is 0 Å². The summed E-state index contributed by atoms with van der Waals surface area (Å²) in [7, 11) is 0. The number of hydrazine groups is 1. The normalized spacial score (nSPS) is 34.2. The van der Waals surface area contributed by atoms with Gasteiger partial charge in [-0.2, -0.15) is 0 Å². The van der Waals surface area contributed by atoms with Crippen molar-refractivity contribution < 1.29 is 4.79 Å². The summed E-state index contributed by atoms with van der Waals surface area (Å²) < 4.78 is 0. The number of rotatable bonds is 1. The number of nitrogens with one attached hydrogen (secondary N) is 1. The van der Waals surface area contributed by atoms with E-state index in [-0.39, 0.29) is 11.8 Å². The summed E-state index contributed by atoms with van der Waals surface area (Å²) >= 11 is 0. The number of carbonyl (C=O) groups excluding carboxylic acids is 1. The Hall–Kier alpha value is -0.570. The quantitative estimate of drug-likeness (QED) is 0.277. The molecule has 46 valence electrons. The third-order valence-electron chi connectivity index (χ3n) is 1.59. The predicted molar refractivity (Wildman–Crippen MR) is 29.6 cm³/mol. The highest BCUT2D eigenvalue weighted by molar-refractivity contribution is 5.80. The van der Waals surface area contributed by atoms with E-state index in [0.29, 0.717) is 5.92 Å². The van der Waals surface area contributed by atoms with Crippen molar-refractivity contribution in [1.82, 2.24) is 5.43 Å². The van der Waals surface area contributed by atoms with E-state index in [1.54, 1.807) is 0 Å². The summed E-state index contributed by atoms with van der Waals surface area (Å²) in [6.45, 7) is 2.04. The topological polar surface area (TPSA) is 55.1 Å². The number of carbonyl (C=O) groups is 1. The molecule has 0 aromatic rings. The molecule has 0 radical (unpaired) electrons. The number of hydrogen-bond donors (Lipinski definition) is 2.